The summed E-state index contributed by atoms with van der Waals surface area (Å²) in [5, 5.41) is 0. The van der Waals surface area contributed by atoms with Crippen LogP contribution in [-0.4, -0.2) is 12.3 Å². The molecule has 0 aromatic carbocycles. The molecule has 0 saturated carbocycles. The van der Waals surface area contributed by atoms with Crippen molar-refractivity contribution in [1.29, 1.82) is 0 Å². The van der Waals surface area contributed by atoms with Gasteiger partial charge in [0, 0.05) is 6.16 Å². The maximum Gasteiger partial charge on any atom is 0.191 e. The fourth-order valence-electron chi connectivity index (χ4n) is 2.20. The Labute approximate surface area is 115 Å². The summed E-state index contributed by atoms with van der Waals surface area (Å²) in [4.78, 5) is 0. The monoisotopic (exact) mass is 276 g/mol. The molecule has 1 atom stereocenters. The van der Waals surface area contributed by atoms with E-state index in [0.717, 1.165) is 38.3 Å². The third-order valence-electron chi connectivity index (χ3n) is 3.25. The van der Waals surface area contributed by atoms with Crippen molar-refractivity contribution in [2.24, 2.45) is 0 Å². The molecule has 2 nitrogen and oxygen atoms in total. The maximum atomic E-state index is 11.9. The molecule has 0 aliphatic carbocycles. The zero-order chi connectivity index (χ0) is 13.6. The molecule has 0 heterocycles. The standard InChI is InChI=1S/C15H33O2P/c1-4-7-8-9-10-11-14-18(16)17-15(12-5-2)13-6-3/h15,18H,4-14H2,1-3H3. The van der Waals surface area contributed by atoms with Gasteiger partial charge in [-0.15, -0.1) is 0 Å². The van der Waals surface area contributed by atoms with E-state index >= 15 is 0 Å². The van der Waals surface area contributed by atoms with Crippen molar-refractivity contribution in [1.82, 2.24) is 0 Å². The summed E-state index contributed by atoms with van der Waals surface area (Å²) in [6.45, 7) is 6.56. The van der Waals surface area contributed by atoms with E-state index < -0.39 is 8.03 Å². The zero-order valence-electron chi connectivity index (χ0n) is 12.7. The van der Waals surface area contributed by atoms with E-state index in [1.54, 1.807) is 0 Å². The Morgan fingerprint density at radius 2 is 1.39 bits per heavy atom. The normalized spacial score (nSPS) is 13.1. The van der Waals surface area contributed by atoms with E-state index in [1.165, 1.54) is 32.1 Å². The summed E-state index contributed by atoms with van der Waals surface area (Å²) in [7, 11) is -1.77. The summed E-state index contributed by atoms with van der Waals surface area (Å²) in [5.74, 6) is 0. The van der Waals surface area contributed by atoms with E-state index in [9.17, 15) is 4.57 Å². The van der Waals surface area contributed by atoms with Gasteiger partial charge in [0.15, 0.2) is 8.03 Å². The molecule has 0 aliphatic heterocycles. The van der Waals surface area contributed by atoms with Gasteiger partial charge in [0.25, 0.3) is 0 Å². The lowest BCUT2D eigenvalue weighted by molar-refractivity contribution is 0.190. The largest absolute Gasteiger partial charge is 0.327 e. The SMILES string of the molecule is CCCCCCCC[PH](=O)OC(CCC)CCC. The van der Waals surface area contributed by atoms with Crippen molar-refractivity contribution < 1.29 is 9.09 Å². The molecule has 18 heavy (non-hydrogen) atoms. The minimum Gasteiger partial charge on any atom is -0.327 e. The van der Waals surface area contributed by atoms with E-state index in [0.29, 0.717) is 0 Å². The van der Waals surface area contributed by atoms with Crippen LogP contribution in [0.3, 0.4) is 0 Å². The molecule has 0 N–H and O–H groups in total. The second-order valence-electron chi connectivity index (χ2n) is 5.21. The van der Waals surface area contributed by atoms with Gasteiger partial charge >= 0.3 is 0 Å². The summed E-state index contributed by atoms with van der Waals surface area (Å²) in [5.41, 5.74) is 0. The van der Waals surface area contributed by atoms with Crippen LogP contribution in [0.4, 0.5) is 0 Å². The fourth-order valence-corrected chi connectivity index (χ4v) is 3.46. The van der Waals surface area contributed by atoms with Gasteiger partial charge in [0.2, 0.25) is 0 Å². The highest BCUT2D eigenvalue weighted by Gasteiger charge is 2.10. The van der Waals surface area contributed by atoms with E-state index in [1.807, 2.05) is 0 Å². The van der Waals surface area contributed by atoms with Crippen molar-refractivity contribution in [2.75, 3.05) is 6.16 Å². The summed E-state index contributed by atoms with van der Waals surface area (Å²) in [6, 6.07) is 0. The quantitative estimate of drug-likeness (QED) is 0.313. The Morgan fingerprint density at radius 3 is 1.94 bits per heavy atom. The third-order valence-corrected chi connectivity index (χ3v) is 4.61. The molecule has 0 aliphatic rings. The van der Waals surface area contributed by atoms with Gasteiger partial charge in [0.1, 0.15) is 0 Å². The van der Waals surface area contributed by atoms with Crippen LogP contribution in [-0.2, 0) is 9.09 Å². The second-order valence-corrected chi connectivity index (χ2v) is 6.69. The van der Waals surface area contributed by atoms with Crippen LogP contribution >= 0.6 is 8.03 Å². The lowest BCUT2D eigenvalue weighted by atomic mass is 10.1. The smallest absolute Gasteiger partial charge is 0.191 e. The molecule has 110 valence electrons. The van der Waals surface area contributed by atoms with Crippen LogP contribution in [0.25, 0.3) is 0 Å². The predicted molar refractivity (Wildman–Crippen MR) is 81.9 cm³/mol. The van der Waals surface area contributed by atoms with Gasteiger partial charge in [-0.3, -0.25) is 4.57 Å². The first kappa shape index (κ1) is 18.2. The van der Waals surface area contributed by atoms with Crippen LogP contribution in [0.2, 0.25) is 0 Å². The van der Waals surface area contributed by atoms with Crippen molar-refractivity contribution in [3.63, 3.8) is 0 Å². The van der Waals surface area contributed by atoms with E-state index in [4.69, 9.17) is 4.52 Å². The Kier molecular flexibility index (Phi) is 13.8. The van der Waals surface area contributed by atoms with Crippen molar-refractivity contribution in [3.05, 3.63) is 0 Å². The van der Waals surface area contributed by atoms with Crippen molar-refractivity contribution in [3.8, 4) is 0 Å². The molecule has 1 unspecified atom stereocenters. The van der Waals surface area contributed by atoms with Crippen molar-refractivity contribution >= 4 is 8.03 Å². The number of unbranched alkanes of at least 4 members (excludes halogenated alkanes) is 5. The molecule has 0 aromatic rings. The lowest BCUT2D eigenvalue weighted by Crippen LogP contribution is -2.08. The number of rotatable bonds is 13. The molecule has 0 aromatic heterocycles. The van der Waals surface area contributed by atoms with Crippen LogP contribution in [0.15, 0.2) is 0 Å². The minimum absolute atomic E-state index is 0.242. The zero-order valence-corrected chi connectivity index (χ0v) is 13.7. The van der Waals surface area contributed by atoms with Crippen LogP contribution < -0.4 is 0 Å². The molecule has 3 heteroatoms. The first-order chi connectivity index (χ1) is 8.74. The van der Waals surface area contributed by atoms with Gasteiger partial charge < -0.3 is 4.52 Å². The van der Waals surface area contributed by atoms with Crippen LogP contribution in [0.1, 0.15) is 85.0 Å². The molecule has 0 saturated heterocycles. The maximum absolute atomic E-state index is 11.9. The molecule has 0 bridgehead atoms. The predicted octanol–water partition coefficient (Wildman–Crippen LogP) is 5.81. The average molecular weight is 276 g/mol. The highest BCUT2D eigenvalue weighted by atomic mass is 31.1. The number of hydrogen-bond donors (Lipinski definition) is 0. The van der Waals surface area contributed by atoms with Gasteiger partial charge in [0.05, 0.1) is 6.10 Å². The topological polar surface area (TPSA) is 26.3 Å². The minimum atomic E-state index is -1.77. The highest BCUT2D eigenvalue weighted by Crippen LogP contribution is 2.29. The van der Waals surface area contributed by atoms with Gasteiger partial charge in [-0.25, -0.2) is 0 Å². The van der Waals surface area contributed by atoms with Crippen LogP contribution in [0, 0.1) is 0 Å². The first-order valence-corrected chi connectivity index (χ1v) is 9.46. The Balaban J connectivity index is 3.55. The molecule has 0 fully saturated rings. The lowest BCUT2D eigenvalue weighted by Gasteiger charge is -2.15. The van der Waals surface area contributed by atoms with Crippen molar-refractivity contribution in [2.45, 2.75) is 91.1 Å². The highest BCUT2D eigenvalue weighted by molar-refractivity contribution is 7.39. The van der Waals surface area contributed by atoms with Gasteiger partial charge in [-0.2, -0.15) is 0 Å². The molecule has 0 rings (SSSR count). The Hall–Kier alpha value is 0.190. The van der Waals surface area contributed by atoms with Crippen LogP contribution in [0.5, 0.6) is 0 Å². The summed E-state index contributed by atoms with van der Waals surface area (Å²) in [6.07, 6.45) is 12.9. The number of hydrogen-bond acceptors (Lipinski definition) is 2. The summed E-state index contributed by atoms with van der Waals surface area (Å²) < 4.78 is 17.6. The van der Waals surface area contributed by atoms with E-state index in [-0.39, 0.29) is 6.10 Å². The molecular formula is C15H33O2P. The van der Waals surface area contributed by atoms with E-state index in [2.05, 4.69) is 20.8 Å². The molecule has 0 radical (unpaired) electrons. The molecule has 0 amide bonds. The fraction of sp³-hybridized carbons (Fsp3) is 1.00. The third kappa shape index (κ3) is 11.3. The Morgan fingerprint density at radius 1 is 0.833 bits per heavy atom. The average Bonchev–Trinajstić information content (AvgIpc) is 2.34. The Bertz CT molecular complexity index is 189. The first-order valence-electron chi connectivity index (χ1n) is 7.94. The molecule has 0 spiro atoms. The second kappa shape index (κ2) is 13.6. The van der Waals surface area contributed by atoms with Gasteiger partial charge in [-0.05, 0) is 19.3 Å². The molecular weight excluding hydrogens is 243 g/mol. The summed E-state index contributed by atoms with van der Waals surface area (Å²) >= 11 is 0. The van der Waals surface area contributed by atoms with Gasteiger partial charge in [-0.1, -0.05) is 65.7 Å².